The summed E-state index contributed by atoms with van der Waals surface area (Å²) in [5.74, 6) is 2.51. The van der Waals surface area contributed by atoms with Gasteiger partial charge < -0.3 is 10.3 Å². The van der Waals surface area contributed by atoms with Gasteiger partial charge in [-0.2, -0.15) is 4.98 Å². The van der Waals surface area contributed by atoms with Gasteiger partial charge in [0, 0.05) is 5.92 Å². The first-order chi connectivity index (χ1) is 7.70. The molecule has 0 bridgehead atoms. The molecule has 16 heavy (non-hydrogen) atoms. The molecule has 1 aromatic heterocycles. The molecule has 2 N–H and O–H groups in total. The molecule has 2 atom stereocenters. The van der Waals surface area contributed by atoms with Crippen LogP contribution in [0.15, 0.2) is 4.52 Å². The van der Waals surface area contributed by atoms with Gasteiger partial charge in [0.15, 0.2) is 5.82 Å². The molecule has 0 radical (unpaired) electrons. The molecule has 2 saturated carbocycles. The second-order valence-electron chi connectivity index (χ2n) is 5.42. The molecule has 3 rings (SSSR count). The second-order valence-corrected chi connectivity index (χ2v) is 5.42. The standard InChI is InChI=1S/C12H19N3O/c1-8-4-2-3-7-12(8,13)11-14-10(16-15-11)9-5-6-9/h8-9H,2-7,13H2,1H3. The lowest BCUT2D eigenvalue weighted by Gasteiger charge is -2.36. The fourth-order valence-corrected chi connectivity index (χ4v) is 2.62. The summed E-state index contributed by atoms with van der Waals surface area (Å²) in [5.41, 5.74) is 6.12. The first kappa shape index (κ1) is 10.3. The molecule has 2 fully saturated rings. The van der Waals surface area contributed by atoms with E-state index in [2.05, 4.69) is 17.1 Å². The predicted molar refractivity (Wildman–Crippen MR) is 59.8 cm³/mol. The highest BCUT2D eigenvalue weighted by atomic mass is 16.5. The smallest absolute Gasteiger partial charge is 0.229 e. The molecule has 2 unspecified atom stereocenters. The summed E-state index contributed by atoms with van der Waals surface area (Å²) in [6.45, 7) is 2.20. The fraction of sp³-hybridized carbons (Fsp3) is 0.833. The van der Waals surface area contributed by atoms with E-state index in [-0.39, 0.29) is 5.54 Å². The Hall–Kier alpha value is -0.900. The van der Waals surface area contributed by atoms with Crippen LogP contribution in [0.5, 0.6) is 0 Å². The maximum absolute atomic E-state index is 6.47. The number of nitrogens with zero attached hydrogens (tertiary/aromatic N) is 2. The third kappa shape index (κ3) is 1.56. The fourth-order valence-electron chi connectivity index (χ4n) is 2.62. The molecular formula is C12H19N3O. The van der Waals surface area contributed by atoms with Crippen molar-refractivity contribution in [3.63, 3.8) is 0 Å². The highest BCUT2D eigenvalue weighted by Crippen LogP contribution is 2.42. The van der Waals surface area contributed by atoms with Crippen LogP contribution in [0, 0.1) is 5.92 Å². The number of hydrogen-bond acceptors (Lipinski definition) is 4. The highest BCUT2D eigenvalue weighted by Gasteiger charge is 2.41. The number of hydrogen-bond donors (Lipinski definition) is 1. The quantitative estimate of drug-likeness (QED) is 0.832. The summed E-state index contributed by atoms with van der Waals surface area (Å²) in [6, 6.07) is 0. The zero-order chi connectivity index (χ0) is 11.2. The summed E-state index contributed by atoms with van der Waals surface area (Å²) in [4.78, 5) is 4.52. The van der Waals surface area contributed by atoms with Crippen molar-refractivity contribution in [2.24, 2.45) is 11.7 Å². The third-order valence-corrected chi connectivity index (χ3v) is 4.14. The summed E-state index contributed by atoms with van der Waals surface area (Å²) in [5, 5.41) is 4.11. The molecule has 4 heteroatoms. The monoisotopic (exact) mass is 221 g/mol. The van der Waals surface area contributed by atoms with Crippen LogP contribution in [0.1, 0.15) is 63.1 Å². The number of rotatable bonds is 2. The first-order valence-electron chi connectivity index (χ1n) is 6.33. The van der Waals surface area contributed by atoms with Crippen LogP contribution in [-0.4, -0.2) is 10.1 Å². The minimum absolute atomic E-state index is 0.352. The Morgan fingerprint density at radius 3 is 2.81 bits per heavy atom. The van der Waals surface area contributed by atoms with Gasteiger partial charge in [-0.15, -0.1) is 0 Å². The van der Waals surface area contributed by atoms with Gasteiger partial charge in [-0.05, 0) is 31.6 Å². The van der Waals surface area contributed by atoms with Crippen LogP contribution < -0.4 is 5.73 Å². The summed E-state index contributed by atoms with van der Waals surface area (Å²) < 4.78 is 5.31. The van der Waals surface area contributed by atoms with Crippen LogP contribution >= 0.6 is 0 Å². The van der Waals surface area contributed by atoms with E-state index in [9.17, 15) is 0 Å². The zero-order valence-corrected chi connectivity index (χ0v) is 9.78. The van der Waals surface area contributed by atoms with Gasteiger partial charge in [-0.25, -0.2) is 0 Å². The van der Waals surface area contributed by atoms with E-state index in [4.69, 9.17) is 10.3 Å². The molecule has 4 nitrogen and oxygen atoms in total. The maximum atomic E-state index is 6.47. The zero-order valence-electron chi connectivity index (χ0n) is 9.78. The van der Waals surface area contributed by atoms with Crippen molar-refractivity contribution in [3.05, 3.63) is 11.7 Å². The molecule has 88 valence electrons. The Morgan fingerprint density at radius 1 is 1.31 bits per heavy atom. The van der Waals surface area contributed by atoms with Gasteiger partial charge >= 0.3 is 0 Å². The van der Waals surface area contributed by atoms with Gasteiger partial charge in [-0.3, -0.25) is 0 Å². The average Bonchev–Trinajstić information content (AvgIpc) is 3.01. The van der Waals surface area contributed by atoms with E-state index in [1.807, 2.05) is 0 Å². The molecule has 0 aromatic carbocycles. The van der Waals surface area contributed by atoms with Gasteiger partial charge in [0.1, 0.15) is 0 Å². The normalized spacial score (nSPS) is 35.2. The van der Waals surface area contributed by atoms with E-state index < -0.39 is 0 Å². The molecular weight excluding hydrogens is 202 g/mol. The summed E-state index contributed by atoms with van der Waals surface area (Å²) in [7, 11) is 0. The van der Waals surface area contributed by atoms with Gasteiger partial charge in [0.05, 0.1) is 5.54 Å². The SMILES string of the molecule is CC1CCCCC1(N)c1noc(C2CC2)n1. The predicted octanol–water partition coefficient (Wildman–Crippen LogP) is 2.31. The van der Waals surface area contributed by atoms with Crippen LogP contribution in [0.25, 0.3) is 0 Å². The van der Waals surface area contributed by atoms with Gasteiger partial charge in [0.2, 0.25) is 5.89 Å². The van der Waals surface area contributed by atoms with Gasteiger partial charge in [-0.1, -0.05) is 24.9 Å². The Bertz CT molecular complexity index is 385. The van der Waals surface area contributed by atoms with Crippen molar-refractivity contribution >= 4 is 0 Å². The molecule has 0 saturated heterocycles. The molecule has 1 aromatic rings. The largest absolute Gasteiger partial charge is 0.339 e. The second kappa shape index (κ2) is 3.55. The Morgan fingerprint density at radius 2 is 2.12 bits per heavy atom. The Labute approximate surface area is 95.6 Å². The van der Waals surface area contributed by atoms with Crippen molar-refractivity contribution in [3.8, 4) is 0 Å². The van der Waals surface area contributed by atoms with Gasteiger partial charge in [0.25, 0.3) is 0 Å². The molecule has 1 heterocycles. The Kier molecular flexibility index (Phi) is 2.28. The van der Waals surface area contributed by atoms with Crippen molar-refractivity contribution in [1.82, 2.24) is 10.1 Å². The van der Waals surface area contributed by atoms with Crippen LogP contribution in [-0.2, 0) is 5.54 Å². The summed E-state index contributed by atoms with van der Waals surface area (Å²) in [6.07, 6.45) is 6.98. The lowest BCUT2D eigenvalue weighted by Crippen LogP contribution is -2.46. The highest BCUT2D eigenvalue weighted by molar-refractivity contribution is 5.11. The van der Waals surface area contributed by atoms with E-state index in [0.717, 1.165) is 18.1 Å². The average molecular weight is 221 g/mol. The van der Waals surface area contributed by atoms with Crippen molar-refractivity contribution in [1.29, 1.82) is 0 Å². The van der Waals surface area contributed by atoms with Crippen LogP contribution in [0.3, 0.4) is 0 Å². The van der Waals surface area contributed by atoms with Crippen molar-refractivity contribution < 1.29 is 4.52 Å². The van der Waals surface area contributed by atoms with Crippen LogP contribution in [0.2, 0.25) is 0 Å². The maximum Gasteiger partial charge on any atom is 0.229 e. The number of nitrogens with two attached hydrogens (primary N) is 1. The molecule has 0 amide bonds. The molecule has 0 spiro atoms. The molecule has 2 aliphatic rings. The minimum atomic E-state index is -0.352. The van der Waals surface area contributed by atoms with E-state index in [1.54, 1.807) is 0 Å². The van der Waals surface area contributed by atoms with E-state index in [0.29, 0.717) is 11.8 Å². The molecule has 0 aliphatic heterocycles. The van der Waals surface area contributed by atoms with Crippen LogP contribution in [0.4, 0.5) is 0 Å². The third-order valence-electron chi connectivity index (χ3n) is 4.14. The summed E-state index contributed by atoms with van der Waals surface area (Å²) >= 11 is 0. The Balaban J connectivity index is 1.87. The minimum Gasteiger partial charge on any atom is -0.339 e. The number of aromatic nitrogens is 2. The van der Waals surface area contributed by atoms with Crippen molar-refractivity contribution in [2.45, 2.75) is 56.9 Å². The lowest BCUT2D eigenvalue weighted by atomic mass is 9.74. The van der Waals surface area contributed by atoms with Crippen molar-refractivity contribution in [2.75, 3.05) is 0 Å². The lowest BCUT2D eigenvalue weighted by molar-refractivity contribution is 0.189. The molecule has 2 aliphatic carbocycles. The van der Waals surface area contributed by atoms with E-state index in [1.165, 1.54) is 32.1 Å². The first-order valence-corrected chi connectivity index (χ1v) is 6.33. The van der Waals surface area contributed by atoms with E-state index >= 15 is 0 Å². The topological polar surface area (TPSA) is 64.9 Å².